The van der Waals surface area contributed by atoms with Crippen molar-refractivity contribution < 1.29 is 5.11 Å². The Balaban J connectivity index is 2.30. The molecule has 6 heteroatoms. The summed E-state index contributed by atoms with van der Waals surface area (Å²) in [6.45, 7) is 5.55. The molecule has 0 saturated heterocycles. The predicted molar refractivity (Wildman–Crippen MR) is 66.4 cm³/mol. The lowest BCUT2D eigenvalue weighted by atomic mass is 10.1. The molecule has 0 aliphatic heterocycles. The molecular formula is C11H12N4OS. The van der Waals surface area contributed by atoms with Gasteiger partial charge in [0.25, 0.3) is 0 Å². The van der Waals surface area contributed by atoms with Gasteiger partial charge in [-0.05, 0) is 44.0 Å². The molecule has 5 nitrogen and oxygen atoms in total. The number of aromatic nitrogens is 2. The molecule has 17 heavy (non-hydrogen) atoms. The van der Waals surface area contributed by atoms with Crippen LogP contribution in [0.25, 0.3) is 0 Å². The van der Waals surface area contributed by atoms with Gasteiger partial charge in [0, 0.05) is 11.5 Å². The van der Waals surface area contributed by atoms with Gasteiger partial charge in [0.1, 0.15) is 11.6 Å². The second-order valence-electron chi connectivity index (χ2n) is 3.68. The molecule has 1 N–H and O–H groups in total. The van der Waals surface area contributed by atoms with Crippen LogP contribution in [0.15, 0.2) is 22.4 Å². The van der Waals surface area contributed by atoms with Crippen molar-refractivity contribution in [3.05, 3.63) is 29.1 Å². The number of aromatic hydroxyl groups is 1. The Bertz CT molecular complexity index is 577. The third-order valence-corrected chi connectivity index (χ3v) is 3.18. The van der Waals surface area contributed by atoms with E-state index in [1.165, 1.54) is 11.5 Å². The number of phenols is 1. The van der Waals surface area contributed by atoms with Gasteiger partial charge in [0.05, 0.1) is 5.69 Å². The van der Waals surface area contributed by atoms with E-state index in [0.29, 0.717) is 11.0 Å². The zero-order valence-electron chi connectivity index (χ0n) is 9.80. The third kappa shape index (κ3) is 2.47. The minimum absolute atomic E-state index is 0.271. The molecule has 0 saturated carbocycles. The van der Waals surface area contributed by atoms with Gasteiger partial charge >= 0.3 is 0 Å². The van der Waals surface area contributed by atoms with Crippen molar-refractivity contribution in [1.82, 2.24) is 9.36 Å². The molecule has 2 aromatic rings. The van der Waals surface area contributed by atoms with Gasteiger partial charge in [-0.15, -0.1) is 10.2 Å². The van der Waals surface area contributed by atoms with Crippen LogP contribution in [0.4, 0.5) is 10.8 Å². The van der Waals surface area contributed by atoms with E-state index in [1.807, 2.05) is 20.8 Å². The SMILES string of the molecule is Cc1nsc(N=Nc2ccc(O)c(C)c2C)n1. The van der Waals surface area contributed by atoms with E-state index in [2.05, 4.69) is 19.6 Å². The maximum atomic E-state index is 9.52. The Hall–Kier alpha value is -1.82. The molecule has 1 aromatic heterocycles. The summed E-state index contributed by atoms with van der Waals surface area (Å²) in [7, 11) is 0. The van der Waals surface area contributed by atoms with Crippen molar-refractivity contribution in [1.29, 1.82) is 0 Å². The van der Waals surface area contributed by atoms with Gasteiger partial charge in [-0.1, -0.05) is 0 Å². The number of rotatable bonds is 2. The Kier molecular flexibility index (Phi) is 3.14. The summed E-state index contributed by atoms with van der Waals surface area (Å²) >= 11 is 1.21. The number of aryl methyl sites for hydroxylation is 1. The van der Waals surface area contributed by atoms with Crippen molar-refractivity contribution in [2.75, 3.05) is 0 Å². The fraction of sp³-hybridized carbons (Fsp3) is 0.273. The van der Waals surface area contributed by atoms with Gasteiger partial charge < -0.3 is 5.11 Å². The summed E-state index contributed by atoms with van der Waals surface area (Å²) in [5.74, 6) is 0.968. The number of benzene rings is 1. The minimum atomic E-state index is 0.271. The smallest absolute Gasteiger partial charge is 0.249 e. The summed E-state index contributed by atoms with van der Waals surface area (Å²) in [4.78, 5) is 4.09. The highest BCUT2D eigenvalue weighted by Crippen LogP contribution is 2.29. The molecule has 1 aromatic carbocycles. The summed E-state index contributed by atoms with van der Waals surface area (Å²) in [5.41, 5.74) is 2.46. The van der Waals surface area contributed by atoms with Crippen LogP contribution in [0, 0.1) is 20.8 Å². The number of azo groups is 1. The van der Waals surface area contributed by atoms with Crippen LogP contribution in [-0.4, -0.2) is 14.5 Å². The topological polar surface area (TPSA) is 70.7 Å². The molecule has 0 unspecified atom stereocenters. The maximum Gasteiger partial charge on any atom is 0.249 e. The molecule has 1 heterocycles. The molecule has 2 rings (SSSR count). The van der Waals surface area contributed by atoms with E-state index in [-0.39, 0.29) is 5.75 Å². The second-order valence-corrected chi connectivity index (χ2v) is 4.41. The largest absolute Gasteiger partial charge is 0.508 e. The van der Waals surface area contributed by atoms with Crippen LogP contribution in [0.2, 0.25) is 0 Å². The summed E-state index contributed by atoms with van der Waals surface area (Å²) in [5, 5.41) is 18.2. The summed E-state index contributed by atoms with van der Waals surface area (Å²) < 4.78 is 4.02. The molecule has 0 bridgehead atoms. The van der Waals surface area contributed by atoms with Crippen molar-refractivity contribution in [3.8, 4) is 5.75 Å². The first-order valence-electron chi connectivity index (χ1n) is 5.09. The highest BCUT2D eigenvalue weighted by atomic mass is 32.1. The van der Waals surface area contributed by atoms with Crippen LogP contribution in [-0.2, 0) is 0 Å². The Morgan fingerprint density at radius 2 is 1.88 bits per heavy atom. The lowest BCUT2D eigenvalue weighted by molar-refractivity contribution is 0.470. The molecule has 0 aliphatic rings. The predicted octanol–water partition coefficient (Wildman–Crippen LogP) is 3.58. The van der Waals surface area contributed by atoms with E-state index < -0.39 is 0 Å². The molecule has 0 radical (unpaired) electrons. The number of nitrogens with zero attached hydrogens (tertiary/aromatic N) is 4. The molecule has 0 aliphatic carbocycles. The van der Waals surface area contributed by atoms with Crippen molar-refractivity contribution in [3.63, 3.8) is 0 Å². The van der Waals surface area contributed by atoms with Crippen molar-refractivity contribution in [2.45, 2.75) is 20.8 Å². The van der Waals surface area contributed by atoms with Gasteiger partial charge in [-0.2, -0.15) is 4.37 Å². The lowest BCUT2D eigenvalue weighted by Crippen LogP contribution is -1.81. The van der Waals surface area contributed by atoms with Gasteiger partial charge in [0.2, 0.25) is 5.13 Å². The van der Waals surface area contributed by atoms with Crippen LogP contribution in [0.1, 0.15) is 17.0 Å². The zero-order valence-corrected chi connectivity index (χ0v) is 10.6. The Morgan fingerprint density at radius 1 is 1.12 bits per heavy atom. The van der Waals surface area contributed by atoms with E-state index in [1.54, 1.807) is 12.1 Å². The first-order chi connectivity index (χ1) is 8.08. The maximum absolute atomic E-state index is 9.52. The van der Waals surface area contributed by atoms with Crippen LogP contribution < -0.4 is 0 Å². The molecular weight excluding hydrogens is 236 g/mol. The average molecular weight is 248 g/mol. The molecule has 88 valence electrons. The van der Waals surface area contributed by atoms with Gasteiger partial charge in [-0.25, -0.2) is 4.98 Å². The first kappa shape index (κ1) is 11.7. The zero-order chi connectivity index (χ0) is 12.4. The molecule has 0 atom stereocenters. The average Bonchev–Trinajstić information content (AvgIpc) is 2.71. The number of hydrogen-bond donors (Lipinski definition) is 1. The fourth-order valence-electron chi connectivity index (χ4n) is 1.32. The number of hydrogen-bond acceptors (Lipinski definition) is 6. The highest BCUT2D eigenvalue weighted by Gasteiger charge is 2.05. The standard InChI is InChI=1S/C11H12N4OS/c1-6-7(2)10(16)5-4-9(6)13-14-11-12-8(3)15-17-11/h4-5,16H,1-3H3. The van der Waals surface area contributed by atoms with E-state index in [9.17, 15) is 5.11 Å². The third-order valence-electron chi connectivity index (χ3n) is 2.49. The van der Waals surface area contributed by atoms with Crippen LogP contribution in [0.3, 0.4) is 0 Å². The molecule has 0 spiro atoms. The second kappa shape index (κ2) is 4.58. The van der Waals surface area contributed by atoms with Crippen molar-refractivity contribution in [2.24, 2.45) is 10.2 Å². The normalized spacial score (nSPS) is 11.2. The molecule has 0 fully saturated rings. The monoisotopic (exact) mass is 248 g/mol. The highest BCUT2D eigenvalue weighted by molar-refractivity contribution is 7.09. The molecule has 0 amide bonds. The van der Waals surface area contributed by atoms with Gasteiger partial charge in [0.15, 0.2) is 0 Å². The van der Waals surface area contributed by atoms with E-state index >= 15 is 0 Å². The quantitative estimate of drug-likeness (QED) is 0.825. The summed E-state index contributed by atoms with van der Waals surface area (Å²) in [6, 6.07) is 3.34. The number of phenolic OH excluding ortho intramolecular Hbond substituents is 1. The van der Waals surface area contributed by atoms with E-state index in [0.717, 1.165) is 16.8 Å². The van der Waals surface area contributed by atoms with E-state index in [4.69, 9.17) is 0 Å². The summed E-state index contributed by atoms with van der Waals surface area (Å²) in [6.07, 6.45) is 0. The van der Waals surface area contributed by atoms with Gasteiger partial charge in [-0.3, -0.25) is 0 Å². The van der Waals surface area contributed by atoms with Crippen LogP contribution in [0.5, 0.6) is 5.75 Å². The van der Waals surface area contributed by atoms with Crippen LogP contribution >= 0.6 is 11.5 Å². The first-order valence-corrected chi connectivity index (χ1v) is 5.86. The Labute approximate surface area is 103 Å². The Morgan fingerprint density at radius 3 is 2.53 bits per heavy atom. The fourth-order valence-corrected chi connectivity index (χ4v) is 1.83. The van der Waals surface area contributed by atoms with Crippen molar-refractivity contribution >= 4 is 22.4 Å². The lowest BCUT2D eigenvalue weighted by Gasteiger charge is -2.04. The minimum Gasteiger partial charge on any atom is -0.508 e.